The standard InChI is InChI=1S/C8H9ClN4/c1-12-4-6(3-10-12)8-7(9)5-13(2)11-8/h3-5H,1-2H3. The average molecular weight is 197 g/mol. The number of hydrogen-bond donors (Lipinski definition) is 0. The lowest BCUT2D eigenvalue weighted by molar-refractivity contribution is 0.766. The normalized spacial score (nSPS) is 10.7. The summed E-state index contributed by atoms with van der Waals surface area (Å²) in [5.74, 6) is 0. The summed E-state index contributed by atoms with van der Waals surface area (Å²) in [6, 6.07) is 0. The third-order valence-electron chi connectivity index (χ3n) is 1.76. The molecule has 0 fully saturated rings. The number of rotatable bonds is 1. The van der Waals surface area contributed by atoms with Gasteiger partial charge in [0, 0.05) is 32.1 Å². The molecule has 0 radical (unpaired) electrons. The quantitative estimate of drug-likeness (QED) is 0.693. The van der Waals surface area contributed by atoms with E-state index in [-0.39, 0.29) is 0 Å². The van der Waals surface area contributed by atoms with Gasteiger partial charge in [-0.15, -0.1) is 0 Å². The van der Waals surface area contributed by atoms with Crippen molar-refractivity contribution in [1.29, 1.82) is 0 Å². The Labute approximate surface area is 80.7 Å². The Kier molecular flexibility index (Phi) is 1.84. The first-order chi connectivity index (χ1) is 6.16. The molecule has 2 aromatic rings. The third kappa shape index (κ3) is 1.45. The summed E-state index contributed by atoms with van der Waals surface area (Å²) < 4.78 is 3.41. The van der Waals surface area contributed by atoms with E-state index < -0.39 is 0 Å². The molecule has 2 heterocycles. The first-order valence-electron chi connectivity index (χ1n) is 3.85. The Balaban J connectivity index is 2.51. The lowest BCUT2D eigenvalue weighted by Gasteiger charge is -1.89. The molecule has 0 bridgehead atoms. The highest BCUT2D eigenvalue weighted by molar-refractivity contribution is 6.32. The molecule has 0 aromatic carbocycles. The molecule has 2 rings (SSSR count). The van der Waals surface area contributed by atoms with Crippen LogP contribution in [0.4, 0.5) is 0 Å². The van der Waals surface area contributed by atoms with Crippen molar-refractivity contribution in [3.05, 3.63) is 23.6 Å². The number of nitrogens with zero attached hydrogens (tertiary/aromatic N) is 4. The molecule has 0 unspecified atom stereocenters. The van der Waals surface area contributed by atoms with Crippen LogP contribution in [0.1, 0.15) is 0 Å². The zero-order valence-corrected chi connectivity index (χ0v) is 8.15. The molecule has 0 aliphatic heterocycles. The van der Waals surface area contributed by atoms with E-state index in [0.29, 0.717) is 5.02 Å². The summed E-state index contributed by atoms with van der Waals surface area (Å²) in [6.45, 7) is 0. The van der Waals surface area contributed by atoms with Gasteiger partial charge in [-0.3, -0.25) is 9.36 Å². The highest BCUT2D eigenvalue weighted by atomic mass is 35.5. The number of aryl methyl sites for hydroxylation is 2. The van der Waals surface area contributed by atoms with E-state index >= 15 is 0 Å². The van der Waals surface area contributed by atoms with E-state index in [4.69, 9.17) is 11.6 Å². The molecule has 0 saturated carbocycles. The van der Waals surface area contributed by atoms with E-state index in [9.17, 15) is 0 Å². The second-order valence-corrected chi connectivity index (χ2v) is 3.31. The Bertz CT molecular complexity index is 429. The summed E-state index contributed by atoms with van der Waals surface area (Å²) in [5, 5.41) is 8.93. The van der Waals surface area contributed by atoms with Gasteiger partial charge >= 0.3 is 0 Å². The van der Waals surface area contributed by atoms with Crippen LogP contribution >= 0.6 is 11.6 Å². The number of hydrogen-bond acceptors (Lipinski definition) is 2. The molecule has 0 aliphatic rings. The topological polar surface area (TPSA) is 35.6 Å². The van der Waals surface area contributed by atoms with Crippen LogP contribution in [-0.2, 0) is 14.1 Å². The van der Waals surface area contributed by atoms with Crippen molar-refractivity contribution in [1.82, 2.24) is 19.6 Å². The molecule has 2 aromatic heterocycles. The SMILES string of the molecule is Cn1cc(-c2nn(C)cc2Cl)cn1. The molecule has 13 heavy (non-hydrogen) atoms. The molecular weight excluding hydrogens is 188 g/mol. The maximum absolute atomic E-state index is 5.97. The Morgan fingerprint density at radius 1 is 1.23 bits per heavy atom. The Morgan fingerprint density at radius 2 is 2.00 bits per heavy atom. The van der Waals surface area contributed by atoms with Crippen LogP contribution in [0.15, 0.2) is 18.6 Å². The Morgan fingerprint density at radius 3 is 2.46 bits per heavy atom. The second kappa shape index (κ2) is 2.88. The van der Waals surface area contributed by atoms with Crippen LogP contribution < -0.4 is 0 Å². The maximum Gasteiger partial charge on any atom is 0.114 e. The Hall–Kier alpha value is -1.29. The van der Waals surface area contributed by atoms with E-state index in [1.54, 1.807) is 21.8 Å². The number of halogens is 1. The van der Waals surface area contributed by atoms with Crippen LogP contribution in [0.5, 0.6) is 0 Å². The number of aromatic nitrogens is 4. The molecule has 0 spiro atoms. The van der Waals surface area contributed by atoms with Gasteiger partial charge in [0.1, 0.15) is 5.69 Å². The van der Waals surface area contributed by atoms with Crippen molar-refractivity contribution in [3.8, 4) is 11.3 Å². The zero-order valence-electron chi connectivity index (χ0n) is 7.40. The van der Waals surface area contributed by atoms with Crippen molar-refractivity contribution in [3.63, 3.8) is 0 Å². The van der Waals surface area contributed by atoms with Gasteiger partial charge in [0.15, 0.2) is 0 Å². The fourth-order valence-corrected chi connectivity index (χ4v) is 1.49. The van der Waals surface area contributed by atoms with Gasteiger partial charge in [0.25, 0.3) is 0 Å². The minimum Gasteiger partial charge on any atom is -0.275 e. The molecule has 0 N–H and O–H groups in total. The van der Waals surface area contributed by atoms with Gasteiger partial charge in [-0.05, 0) is 0 Å². The van der Waals surface area contributed by atoms with Gasteiger partial charge in [0.05, 0.1) is 11.2 Å². The minimum absolute atomic E-state index is 0.649. The predicted molar refractivity (Wildman–Crippen MR) is 50.4 cm³/mol. The fourth-order valence-electron chi connectivity index (χ4n) is 1.20. The average Bonchev–Trinajstić information content (AvgIpc) is 2.58. The van der Waals surface area contributed by atoms with Crippen LogP contribution in [-0.4, -0.2) is 19.6 Å². The van der Waals surface area contributed by atoms with E-state index in [0.717, 1.165) is 11.3 Å². The zero-order chi connectivity index (χ0) is 9.42. The largest absolute Gasteiger partial charge is 0.275 e. The van der Waals surface area contributed by atoms with Crippen LogP contribution in [0.3, 0.4) is 0 Å². The summed E-state index contributed by atoms with van der Waals surface area (Å²) in [6.07, 6.45) is 5.40. The lowest BCUT2D eigenvalue weighted by Crippen LogP contribution is -1.87. The predicted octanol–water partition coefficient (Wildman–Crippen LogP) is 1.47. The molecule has 0 saturated heterocycles. The van der Waals surface area contributed by atoms with E-state index in [1.807, 2.05) is 20.3 Å². The molecule has 0 aliphatic carbocycles. The minimum atomic E-state index is 0.649. The van der Waals surface area contributed by atoms with Gasteiger partial charge in [-0.25, -0.2) is 0 Å². The van der Waals surface area contributed by atoms with Crippen molar-refractivity contribution >= 4 is 11.6 Å². The van der Waals surface area contributed by atoms with Gasteiger partial charge in [-0.2, -0.15) is 10.2 Å². The highest BCUT2D eigenvalue weighted by Crippen LogP contribution is 2.24. The summed E-state index contributed by atoms with van der Waals surface area (Å²) in [7, 11) is 3.70. The monoisotopic (exact) mass is 196 g/mol. The smallest absolute Gasteiger partial charge is 0.114 e. The highest BCUT2D eigenvalue weighted by Gasteiger charge is 2.08. The van der Waals surface area contributed by atoms with Crippen molar-refractivity contribution in [2.75, 3.05) is 0 Å². The lowest BCUT2D eigenvalue weighted by atomic mass is 10.3. The molecule has 4 nitrogen and oxygen atoms in total. The summed E-state index contributed by atoms with van der Waals surface area (Å²) in [5.41, 5.74) is 1.71. The first kappa shape index (κ1) is 8.31. The van der Waals surface area contributed by atoms with E-state index in [2.05, 4.69) is 10.2 Å². The third-order valence-corrected chi connectivity index (χ3v) is 2.04. The second-order valence-electron chi connectivity index (χ2n) is 2.90. The van der Waals surface area contributed by atoms with Crippen LogP contribution in [0.25, 0.3) is 11.3 Å². The summed E-state index contributed by atoms with van der Waals surface area (Å²) in [4.78, 5) is 0. The maximum atomic E-state index is 5.97. The molecule has 68 valence electrons. The van der Waals surface area contributed by atoms with Gasteiger partial charge < -0.3 is 0 Å². The van der Waals surface area contributed by atoms with Crippen molar-refractivity contribution in [2.45, 2.75) is 0 Å². The fraction of sp³-hybridized carbons (Fsp3) is 0.250. The van der Waals surface area contributed by atoms with Crippen molar-refractivity contribution < 1.29 is 0 Å². The summed E-state index contributed by atoms with van der Waals surface area (Å²) >= 11 is 5.97. The van der Waals surface area contributed by atoms with Gasteiger partial charge in [0.2, 0.25) is 0 Å². The molecule has 0 atom stereocenters. The van der Waals surface area contributed by atoms with Crippen molar-refractivity contribution in [2.24, 2.45) is 14.1 Å². The van der Waals surface area contributed by atoms with Crippen LogP contribution in [0.2, 0.25) is 5.02 Å². The van der Waals surface area contributed by atoms with Crippen LogP contribution in [0, 0.1) is 0 Å². The molecule has 5 heteroatoms. The molecule has 0 amide bonds. The molecular formula is C8H9ClN4. The van der Waals surface area contributed by atoms with E-state index in [1.165, 1.54) is 0 Å². The van der Waals surface area contributed by atoms with Gasteiger partial charge in [-0.1, -0.05) is 11.6 Å². The first-order valence-corrected chi connectivity index (χ1v) is 4.23.